The van der Waals surface area contributed by atoms with E-state index < -0.39 is 0 Å². The number of benzene rings is 2. The number of hydrogen-bond acceptors (Lipinski definition) is 4. The monoisotopic (exact) mass is 366 g/mol. The molecule has 0 radical (unpaired) electrons. The zero-order valence-corrected chi connectivity index (χ0v) is 14.5. The van der Waals surface area contributed by atoms with Crippen LogP contribution < -0.4 is 18.9 Å². The van der Waals surface area contributed by atoms with Crippen molar-refractivity contribution in [1.29, 1.82) is 0 Å². The maximum Gasteiger partial charge on any atom is 0.203 e. The summed E-state index contributed by atoms with van der Waals surface area (Å²) in [7, 11) is 3.20. The highest BCUT2D eigenvalue weighted by Crippen LogP contribution is 2.36. The van der Waals surface area contributed by atoms with Crippen LogP contribution in [-0.2, 0) is 0 Å². The Morgan fingerprint density at radius 2 is 1.50 bits per heavy atom. The van der Waals surface area contributed by atoms with Crippen molar-refractivity contribution in [2.75, 3.05) is 27.4 Å². The van der Waals surface area contributed by atoms with Gasteiger partial charge in [-0.3, -0.25) is 0 Å². The van der Waals surface area contributed by atoms with E-state index in [0.29, 0.717) is 30.5 Å². The second-order valence-electron chi connectivity index (χ2n) is 4.62. The Kier molecular flexibility index (Phi) is 5.95. The van der Waals surface area contributed by atoms with Gasteiger partial charge in [0.05, 0.1) is 18.7 Å². The summed E-state index contributed by atoms with van der Waals surface area (Å²) in [5.74, 6) is 2.65. The zero-order chi connectivity index (χ0) is 15.9. The maximum atomic E-state index is 5.75. The van der Waals surface area contributed by atoms with E-state index in [9.17, 15) is 0 Å². The summed E-state index contributed by atoms with van der Waals surface area (Å²) in [6.45, 7) is 2.84. The third-order valence-corrected chi connectivity index (χ3v) is 3.68. The van der Waals surface area contributed by atoms with Crippen LogP contribution in [0.2, 0.25) is 0 Å². The molecule has 0 N–H and O–H groups in total. The first kappa shape index (κ1) is 16.5. The first-order chi connectivity index (χ1) is 10.7. The number of hydrogen-bond donors (Lipinski definition) is 0. The van der Waals surface area contributed by atoms with Crippen LogP contribution in [0.25, 0.3) is 0 Å². The van der Waals surface area contributed by atoms with Crippen LogP contribution in [0.15, 0.2) is 40.9 Å². The van der Waals surface area contributed by atoms with Crippen LogP contribution in [-0.4, -0.2) is 27.4 Å². The van der Waals surface area contributed by atoms with Crippen molar-refractivity contribution in [2.24, 2.45) is 0 Å². The van der Waals surface area contributed by atoms with Gasteiger partial charge in [0, 0.05) is 0 Å². The third-order valence-electron chi connectivity index (χ3n) is 3.06. The molecule has 0 heterocycles. The Labute approximate surface area is 139 Å². The van der Waals surface area contributed by atoms with Gasteiger partial charge in [0.2, 0.25) is 5.75 Å². The summed E-state index contributed by atoms with van der Waals surface area (Å²) in [6.07, 6.45) is 0. The van der Waals surface area contributed by atoms with Gasteiger partial charge in [0.1, 0.15) is 19.0 Å². The molecule has 0 atom stereocenters. The highest BCUT2D eigenvalue weighted by Gasteiger charge is 2.11. The SMILES string of the molecule is COc1cccc(OC)c1OCCOc1ccc(C)cc1Br. The Hall–Kier alpha value is -1.88. The van der Waals surface area contributed by atoms with Gasteiger partial charge in [0.25, 0.3) is 0 Å². The minimum absolute atomic E-state index is 0.386. The summed E-state index contributed by atoms with van der Waals surface area (Å²) >= 11 is 3.48. The molecular weight excluding hydrogens is 348 g/mol. The topological polar surface area (TPSA) is 36.9 Å². The van der Waals surface area contributed by atoms with Crippen molar-refractivity contribution in [1.82, 2.24) is 0 Å². The molecule has 0 saturated heterocycles. The Morgan fingerprint density at radius 3 is 2.09 bits per heavy atom. The molecule has 0 spiro atoms. The van der Waals surface area contributed by atoms with Crippen molar-refractivity contribution in [3.63, 3.8) is 0 Å². The fraction of sp³-hybridized carbons (Fsp3) is 0.294. The Bertz CT molecular complexity index is 606. The standard InChI is InChI=1S/C17H19BrO4/c1-12-7-8-14(13(18)11-12)21-9-10-22-17-15(19-2)5-4-6-16(17)20-3/h4-8,11H,9-10H2,1-3H3. The van der Waals surface area contributed by atoms with E-state index in [1.54, 1.807) is 14.2 Å². The highest BCUT2D eigenvalue weighted by atomic mass is 79.9. The minimum Gasteiger partial charge on any atom is -0.493 e. The molecule has 2 aromatic carbocycles. The lowest BCUT2D eigenvalue weighted by molar-refractivity contribution is 0.204. The van der Waals surface area contributed by atoms with Crippen molar-refractivity contribution in [3.8, 4) is 23.0 Å². The quantitative estimate of drug-likeness (QED) is 0.687. The zero-order valence-electron chi connectivity index (χ0n) is 12.9. The van der Waals surface area contributed by atoms with E-state index >= 15 is 0 Å². The fourth-order valence-corrected chi connectivity index (χ4v) is 2.59. The summed E-state index contributed by atoms with van der Waals surface area (Å²) < 4.78 is 22.9. The Balaban J connectivity index is 1.94. The molecule has 0 amide bonds. The molecule has 118 valence electrons. The van der Waals surface area contributed by atoms with E-state index in [2.05, 4.69) is 15.9 Å². The van der Waals surface area contributed by atoms with Crippen LogP contribution >= 0.6 is 15.9 Å². The summed E-state index contributed by atoms with van der Waals surface area (Å²) in [4.78, 5) is 0. The summed E-state index contributed by atoms with van der Waals surface area (Å²) in [6, 6.07) is 11.5. The molecule has 2 rings (SSSR count). The molecule has 0 aliphatic heterocycles. The molecule has 0 aliphatic rings. The molecule has 0 bridgehead atoms. The number of para-hydroxylation sites is 1. The van der Waals surface area contributed by atoms with Crippen molar-refractivity contribution < 1.29 is 18.9 Å². The predicted molar refractivity (Wildman–Crippen MR) is 89.4 cm³/mol. The van der Waals surface area contributed by atoms with Crippen LogP contribution in [0, 0.1) is 6.92 Å². The number of rotatable bonds is 7. The molecule has 4 nitrogen and oxygen atoms in total. The molecule has 0 saturated carbocycles. The van der Waals surface area contributed by atoms with E-state index in [4.69, 9.17) is 18.9 Å². The van der Waals surface area contributed by atoms with Gasteiger partial charge in [-0.2, -0.15) is 0 Å². The van der Waals surface area contributed by atoms with Gasteiger partial charge >= 0.3 is 0 Å². The van der Waals surface area contributed by atoms with Crippen molar-refractivity contribution >= 4 is 15.9 Å². The van der Waals surface area contributed by atoms with Crippen LogP contribution in [0.1, 0.15) is 5.56 Å². The fourth-order valence-electron chi connectivity index (χ4n) is 1.98. The number of methoxy groups -OCH3 is 2. The number of ether oxygens (including phenoxy) is 4. The lowest BCUT2D eigenvalue weighted by Gasteiger charge is -2.14. The lowest BCUT2D eigenvalue weighted by atomic mass is 10.2. The first-order valence-corrected chi connectivity index (χ1v) is 7.67. The average Bonchev–Trinajstić information content (AvgIpc) is 2.53. The second kappa shape index (κ2) is 7.94. The van der Waals surface area contributed by atoms with Gasteiger partial charge < -0.3 is 18.9 Å². The molecular formula is C17H19BrO4. The van der Waals surface area contributed by atoms with Crippen molar-refractivity contribution in [2.45, 2.75) is 6.92 Å². The normalized spacial score (nSPS) is 10.2. The van der Waals surface area contributed by atoms with Crippen LogP contribution in [0.3, 0.4) is 0 Å². The smallest absolute Gasteiger partial charge is 0.203 e. The number of aryl methyl sites for hydroxylation is 1. The molecule has 22 heavy (non-hydrogen) atoms. The second-order valence-corrected chi connectivity index (χ2v) is 5.48. The van der Waals surface area contributed by atoms with E-state index in [0.717, 1.165) is 10.2 Å². The summed E-state index contributed by atoms with van der Waals surface area (Å²) in [5, 5.41) is 0. The van der Waals surface area contributed by atoms with Gasteiger partial charge in [0.15, 0.2) is 11.5 Å². The van der Waals surface area contributed by atoms with Crippen LogP contribution in [0.4, 0.5) is 0 Å². The van der Waals surface area contributed by atoms with E-state index in [1.165, 1.54) is 5.56 Å². The molecule has 0 unspecified atom stereocenters. The minimum atomic E-state index is 0.386. The molecule has 0 aromatic heterocycles. The summed E-state index contributed by atoms with van der Waals surface area (Å²) in [5.41, 5.74) is 1.18. The van der Waals surface area contributed by atoms with E-state index in [1.807, 2.05) is 43.3 Å². The third kappa shape index (κ3) is 4.07. The molecule has 5 heteroatoms. The van der Waals surface area contributed by atoms with Crippen LogP contribution in [0.5, 0.6) is 23.0 Å². The number of halogens is 1. The van der Waals surface area contributed by atoms with Crippen molar-refractivity contribution in [3.05, 3.63) is 46.4 Å². The molecule has 2 aromatic rings. The molecule has 0 fully saturated rings. The molecule has 0 aliphatic carbocycles. The van der Waals surface area contributed by atoms with Gasteiger partial charge in [-0.15, -0.1) is 0 Å². The first-order valence-electron chi connectivity index (χ1n) is 6.88. The average molecular weight is 367 g/mol. The van der Waals surface area contributed by atoms with Gasteiger partial charge in [-0.25, -0.2) is 0 Å². The largest absolute Gasteiger partial charge is 0.493 e. The van der Waals surface area contributed by atoms with Gasteiger partial charge in [-0.1, -0.05) is 12.1 Å². The predicted octanol–water partition coefficient (Wildman–Crippen LogP) is 4.23. The van der Waals surface area contributed by atoms with E-state index in [-0.39, 0.29) is 0 Å². The Morgan fingerprint density at radius 1 is 0.864 bits per heavy atom. The highest BCUT2D eigenvalue weighted by molar-refractivity contribution is 9.10. The van der Waals surface area contributed by atoms with Gasteiger partial charge in [-0.05, 0) is 52.7 Å². The lowest BCUT2D eigenvalue weighted by Crippen LogP contribution is -2.10. The maximum absolute atomic E-state index is 5.75.